The molecule has 3 heterocycles. The molecule has 1 aromatic heterocycles. The molecule has 2 aliphatic rings. The molecule has 2 aliphatic heterocycles. The van der Waals surface area contributed by atoms with Crippen molar-refractivity contribution >= 4 is 6.09 Å². The maximum Gasteiger partial charge on any atom is 0.408 e. The van der Waals surface area contributed by atoms with E-state index >= 15 is 0 Å². The van der Waals surface area contributed by atoms with Crippen LogP contribution >= 0.6 is 0 Å². The molecular weight excluding hydrogens is 432 g/mol. The van der Waals surface area contributed by atoms with Gasteiger partial charge in [-0.25, -0.2) is 18.6 Å². The predicted molar refractivity (Wildman–Crippen MR) is 114 cm³/mol. The van der Waals surface area contributed by atoms with Crippen molar-refractivity contribution in [3.8, 4) is 6.07 Å². The monoisotopic (exact) mass is 459 g/mol. The van der Waals surface area contributed by atoms with Gasteiger partial charge in [-0.05, 0) is 45.4 Å². The minimum atomic E-state index is -1.15. The van der Waals surface area contributed by atoms with Gasteiger partial charge in [0.2, 0.25) is 5.82 Å². The van der Waals surface area contributed by atoms with Crippen molar-refractivity contribution in [2.45, 2.75) is 64.0 Å². The van der Waals surface area contributed by atoms with Crippen LogP contribution in [0.3, 0.4) is 0 Å². The van der Waals surface area contributed by atoms with Gasteiger partial charge >= 0.3 is 6.09 Å². The SMILES string of the molecule is Cn1c(C#N)nc2c1CN([C@H]1CO[C@H](c3cc(F)ccc3F)[C@@H](N(C(=O)O)C(C)(C)C)C1)C2. The summed E-state index contributed by atoms with van der Waals surface area (Å²) in [5, 5.41) is 19.3. The van der Waals surface area contributed by atoms with Crippen molar-refractivity contribution in [1.29, 1.82) is 5.26 Å². The van der Waals surface area contributed by atoms with Gasteiger partial charge in [0.15, 0.2) is 0 Å². The van der Waals surface area contributed by atoms with Crippen LogP contribution in [0.25, 0.3) is 0 Å². The molecule has 10 heteroatoms. The highest BCUT2D eigenvalue weighted by molar-refractivity contribution is 5.66. The third kappa shape index (κ3) is 4.18. The Morgan fingerprint density at radius 3 is 2.67 bits per heavy atom. The van der Waals surface area contributed by atoms with Crippen LogP contribution in [0.15, 0.2) is 18.2 Å². The lowest BCUT2D eigenvalue weighted by Crippen LogP contribution is -2.58. The van der Waals surface area contributed by atoms with Crippen molar-refractivity contribution in [1.82, 2.24) is 19.4 Å². The number of imidazole rings is 1. The third-order valence-corrected chi connectivity index (χ3v) is 6.47. The molecule has 176 valence electrons. The quantitative estimate of drug-likeness (QED) is 0.754. The van der Waals surface area contributed by atoms with Crippen molar-refractivity contribution in [3.05, 3.63) is 52.6 Å². The Labute approximate surface area is 191 Å². The summed E-state index contributed by atoms with van der Waals surface area (Å²) in [5.41, 5.74) is 0.974. The Balaban J connectivity index is 1.65. The molecule has 0 spiro atoms. The van der Waals surface area contributed by atoms with E-state index in [-0.39, 0.29) is 18.2 Å². The lowest BCUT2D eigenvalue weighted by atomic mass is 9.88. The molecule has 1 N–H and O–H groups in total. The zero-order valence-corrected chi connectivity index (χ0v) is 19.0. The van der Waals surface area contributed by atoms with Gasteiger partial charge in [0, 0.05) is 37.3 Å². The second-order valence-electron chi connectivity index (χ2n) is 9.60. The number of nitrogens with zero attached hydrogens (tertiary/aromatic N) is 5. The smallest absolute Gasteiger partial charge is 0.408 e. The summed E-state index contributed by atoms with van der Waals surface area (Å²) in [6.07, 6.45) is -1.72. The molecule has 1 fully saturated rings. The van der Waals surface area contributed by atoms with Gasteiger partial charge in [-0.1, -0.05) is 0 Å². The van der Waals surface area contributed by atoms with E-state index in [0.29, 0.717) is 25.3 Å². The minimum absolute atomic E-state index is 0.0130. The summed E-state index contributed by atoms with van der Waals surface area (Å²) < 4.78 is 36.5. The first-order valence-electron chi connectivity index (χ1n) is 10.8. The molecule has 0 bridgehead atoms. The number of ether oxygens (including phenoxy) is 1. The molecule has 3 atom stereocenters. The van der Waals surface area contributed by atoms with Crippen LogP contribution in [-0.2, 0) is 24.9 Å². The summed E-state index contributed by atoms with van der Waals surface area (Å²) in [7, 11) is 1.79. The number of amides is 1. The molecule has 1 amide bonds. The second-order valence-corrected chi connectivity index (χ2v) is 9.60. The van der Waals surface area contributed by atoms with Gasteiger partial charge in [0.1, 0.15) is 23.8 Å². The first-order valence-corrected chi connectivity index (χ1v) is 10.8. The molecule has 4 rings (SSSR count). The van der Waals surface area contributed by atoms with E-state index in [0.717, 1.165) is 29.6 Å². The topological polar surface area (TPSA) is 94.6 Å². The minimum Gasteiger partial charge on any atom is -0.465 e. The van der Waals surface area contributed by atoms with Crippen molar-refractivity contribution in [2.24, 2.45) is 7.05 Å². The Hall–Kier alpha value is -3.03. The lowest BCUT2D eigenvalue weighted by molar-refractivity contribution is -0.103. The van der Waals surface area contributed by atoms with E-state index in [1.54, 1.807) is 32.4 Å². The van der Waals surface area contributed by atoms with Gasteiger partial charge in [-0.2, -0.15) is 5.26 Å². The standard InChI is InChI=1S/C23H27F2N5O3/c1-23(2,3)30(22(31)32)18-8-14(12-33-21(18)15-7-13(24)5-6-16(15)25)29-10-17-19(11-29)28(4)20(9-26)27-17/h5-7,14,18,21H,8,10-12H2,1-4H3,(H,31,32)/t14-,18+,21-/m1/s1. The Morgan fingerprint density at radius 1 is 1.33 bits per heavy atom. The molecule has 2 aromatic rings. The van der Waals surface area contributed by atoms with E-state index in [2.05, 4.69) is 16.0 Å². The van der Waals surface area contributed by atoms with Crippen LogP contribution in [0.4, 0.5) is 13.6 Å². The molecule has 1 saturated heterocycles. The Kier molecular flexibility index (Phi) is 5.88. The zero-order chi connectivity index (χ0) is 24.1. The number of carbonyl (C=O) groups is 1. The highest BCUT2D eigenvalue weighted by atomic mass is 19.1. The van der Waals surface area contributed by atoms with E-state index in [1.807, 2.05) is 0 Å². The highest BCUT2D eigenvalue weighted by Gasteiger charge is 2.45. The van der Waals surface area contributed by atoms with Crippen LogP contribution < -0.4 is 0 Å². The number of hydrogen-bond donors (Lipinski definition) is 1. The summed E-state index contributed by atoms with van der Waals surface area (Å²) in [6.45, 7) is 6.58. The summed E-state index contributed by atoms with van der Waals surface area (Å²) >= 11 is 0. The number of aromatic nitrogens is 2. The molecule has 0 unspecified atom stereocenters. The Bertz CT molecular complexity index is 1120. The van der Waals surface area contributed by atoms with Gasteiger partial charge < -0.3 is 14.4 Å². The highest BCUT2D eigenvalue weighted by Crippen LogP contribution is 2.39. The summed E-state index contributed by atoms with van der Waals surface area (Å²) in [6, 6.07) is 4.33. The average Bonchev–Trinajstić information content (AvgIpc) is 3.28. The average molecular weight is 459 g/mol. The van der Waals surface area contributed by atoms with Gasteiger partial charge in [0.05, 0.1) is 24.0 Å². The molecule has 0 aliphatic carbocycles. The number of nitriles is 1. The van der Waals surface area contributed by atoms with Crippen molar-refractivity contribution < 1.29 is 23.4 Å². The molecule has 0 radical (unpaired) electrons. The van der Waals surface area contributed by atoms with Crippen LogP contribution in [0.5, 0.6) is 0 Å². The maximum absolute atomic E-state index is 14.7. The molecule has 33 heavy (non-hydrogen) atoms. The number of rotatable bonds is 3. The third-order valence-electron chi connectivity index (χ3n) is 6.47. The van der Waals surface area contributed by atoms with Crippen LogP contribution in [0, 0.1) is 23.0 Å². The number of benzene rings is 1. The van der Waals surface area contributed by atoms with E-state index in [1.165, 1.54) is 4.90 Å². The molecule has 1 aromatic carbocycles. The normalized spacial score (nSPS) is 23.2. The maximum atomic E-state index is 14.7. The molecule has 0 saturated carbocycles. The predicted octanol–water partition coefficient (Wildman–Crippen LogP) is 3.56. The van der Waals surface area contributed by atoms with E-state index < -0.39 is 35.4 Å². The summed E-state index contributed by atoms with van der Waals surface area (Å²) in [5.74, 6) is -0.891. The van der Waals surface area contributed by atoms with Crippen molar-refractivity contribution in [3.63, 3.8) is 0 Å². The van der Waals surface area contributed by atoms with Crippen LogP contribution in [0.1, 0.15) is 56.1 Å². The fourth-order valence-electron chi connectivity index (χ4n) is 4.96. The molecular formula is C23H27F2N5O3. The summed E-state index contributed by atoms with van der Waals surface area (Å²) in [4.78, 5) is 20.1. The van der Waals surface area contributed by atoms with Gasteiger partial charge in [-0.15, -0.1) is 0 Å². The van der Waals surface area contributed by atoms with Crippen LogP contribution in [0.2, 0.25) is 0 Å². The fourth-order valence-corrected chi connectivity index (χ4v) is 4.96. The fraction of sp³-hybridized carbons (Fsp3) is 0.522. The van der Waals surface area contributed by atoms with Crippen LogP contribution in [-0.4, -0.2) is 54.8 Å². The number of halogens is 2. The number of hydrogen-bond acceptors (Lipinski definition) is 5. The first kappa shape index (κ1) is 23.1. The largest absolute Gasteiger partial charge is 0.465 e. The van der Waals surface area contributed by atoms with Gasteiger partial charge in [-0.3, -0.25) is 9.80 Å². The number of fused-ring (bicyclic) bond motifs is 1. The second kappa shape index (κ2) is 8.39. The van der Waals surface area contributed by atoms with E-state index in [4.69, 9.17) is 4.74 Å². The molecule has 8 nitrogen and oxygen atoms in total. The van der Waals surface area contributed by atoms with E-state index in [9.17, 15) is 23.9 Å². The van der Waals surface area contributed by atoms with Crippen molar-refractivity contribution in [2.75, 3.05) is 6.61 Å². The van der Waals surface area contributed by atoms with Gasteiger partial charge in [0.25, 0.3) is 0 Å². The Morgan fingerprint density at radius 2 is 2.06 bits per heavy atom. The lowest BCUT2D eigenvalue weighted by Gasteiger charge is -2.48. The first-order chi connectivity index (χ1) is 15.5. The number of carboxylic acid groups (broad SMARTS) is 1. The zero-order valence-electron chi connectivity index (χ0n) is 19.0.